The highest BCUT2D eigenvalue weighted by Crippen LogP contribution is 2.18. The van der Waals surface area contributed by atoms with Crippen molar-refractivity contribution in [1.29, 1.82) is 0 Å². The van der Waals surface area contributed by atoms with Gasteiger partial charge in [-0.3, -0.25) is 4.98 Å². The topological polar surface area (TPSA) is 31.4 Å². The Bertz CT molecular complexity index is 489. The monoisotopic (exact) mass is 245 g/mol. The van der Waals surface area contributed by atoms with Gasteiger partial charge in [-0.05, 0) is 37.0 Å². The molecule has 0 aliphatic heterocycles. The SMILES string of the molecule is COC(CCCc1ccnc2ccccc12)OC. The number of hydrogen-bond donors (Lipinski definition) is 0. The lowest BCUT2D eigenvalue weighted by Crippen LogP contribution is -2.12. The zero-order chi connectivity index (χ0) is 12.8. The van der Waals surface area contributed by atoms with Crippen LogP contribution in [0, 0.1) is 0 Å². The molecule has 0 spiro atoms. The molecule has 1 heterocycles. The van der Waals surface area contributed by atoms with Crippen LogP contribution in [0.1, 0.15) is 18.4 Å². The Labute approximate surface area is 108 Å². The van der Waals surface area contributed by atoms with Crippen molar-refractivity contribution in [2.75, 3.05) is 14.2 Å². The molecule has 96 valence electrons. The van der Waals surface area contributed by atoms with Gasteiger partial charge >= 0.3 is 0 Å². The Morgan fingerprint density at radius 2 is 1.89 bits per heavy atom. The Balaban J connectivity index is 2.03. The summed E-state index contributed by atoms with van der Waals surface area (Å²) in [6, 6.07) is 10.3. The van der Waals surface area contributed by atoms with Crippen molar-refractivity contribution in [3.63, 3.8) is 0 Å². The number of ether oxygens (including phenoxy) is 2. The fourth-order valence-electron chi connectivity index (χ4n) is 2.16. The summed E-state index contributed by atoms with van der Waals surface area (Å²) in [5.41, 5.74) is 2.40. The van der Waals surface area contributed by atoms with E-state index in [-0.39, 0.29) is 6.29 Å². The molecule has 3 nitrogen and oxygen atoms in total. The fraction of sp³-hybridized carbons (Fsp3) is 0.400. The van der Waals surface area contributed by atoms with Crippen molar-refractivity contribution in [3.05, 3.63) is 42.1 Å². The summed E-state index contributed by atoms with van der Waals surface area (Å²) >= 11 is 0. The van der Waals surface area contributed by atoms with E-state index in [2.05, 4.69) is 23.2 Å². The first kappa shape index (κ1) is 13.0. The number of nitrogens with zero attached hydrogens (tertiary/aromatic N) is 1. The van der Waals surface area contributed by atoms with E-state index in [1.54, 1.807) is 14.2 Å². The molecular formula is C15H19NO2. The summed E-state index contributed by atoms with van der Waals surface area (Å²) in [6.07, 6.45) is 4.75. The fourth-order valence-corrected chi connectivity index (χ4v) is 2.16. The van der Waals surface area contributed by atoms with Gasteiger partial charge in [-0.1, -0.05) is 18.2 Å². The van der Waals surface area contributed by atoms with Crippen molar-refractivity contribution in [1.82, 2.24) is 4.98 Å². The molecule has 0 aliphatic rings. The van der Waals surface area contributed by atoms with E-state index < -0.39 is 0 Å². The van der Waals surface area contributed by atoms with Gasteiger partial charge < -0.3 is 9.47 Å². The number of fused-ring (bicyclic) bond motifs is 1. The minimum absolute atomic E-state index is 0.0990. The molecule has 0 radical (unpaired) electrons. The average molecular weight is 245 g/mol. The predicted molar refractivity (Wildman–Crippen MR) is 72.5 cm³/mol. The molecule has 0 N–H and O–H groups in total. The van der Waals surface area contributed by atoms with Gasteiger partial charge in [0, 0.05) is 25.8 Å². The summed E-state index contributed by atoms with van der Waals surface area (Å²) in [5, 5.41) is 1.24. The lowest BCUT2D eigenvalue weighted by atomic mass is 10.0. The highest BCUT2D eigenvalue weighted by atomic mass is 16.7. The van der Waals surface area contributed by atoms with Gasteiger partial charge in [0.2, 0.25) is 0 Å². The number of para-hydroxylation sites is 1. The van der Waals surface area contributed by atoms with Crippen LogP contribution in [0.3, 0.4) is 0 Å². The second kappa shape index (κ2) is 6.47. The van der Waals surface area contributed by atoms with Crippen LogP contribution in [0.15, 0.2) is 36.5 Å². The van der Waals surface area contributed by atoms with Crippen LogP contribution in [-0.2, 0) is 15.9 Å². The van der Waals surface area contributed by atoms with Crippen LogP contribution >= 0.6 is 0 Å². The molecule has 0 fully saturated rings. The molecule has 0 saturated carbocycles. The molecule has 1 aromatic heterocycles. The van der Waals surface area contributed by atoms with E-state index in [0.29, 0.717) is 0 Å². The van der Waals surface area contributed by atoms with E-state index in [1.807, 2.05) is 18.3 Å². The minimum atomic E-state index is -0.0990. The molecule has 1 aromatic carbocycles. The standard InChI is InChI=1S/C15H19NO2/c1-17-15(18-2)9-5-6-12-10-11-16-14-8-4-3-7-13(12)14/h3-4,7-8,10-11,15H,5-6,9H2,1-2H3. The van der Waals surface area contributed by atoms with Gasteiger partial charge in [-0.2, -0.15) is 0 Å². The molecule has 2 rings (SSSR count). The summed E-state index contributed by atoms with van der Waals surface area (Å²) in [4.78, 5) is 4.37. The van der Waals surface area contributed by atoms with Crippen LogP contribution < -0.4 is 0 Å². The number of hydrogen-bond acceptors (Lipinski definition) is 3. The molecular weight excluding hydrogens is 226 g/mol. The number of methoxy groups -OCH3 is 2. The van der Waals surface area contributed by atoms with E-state index >= 15 is 0 Å². The lowest BCUT2D eigenvalue weighted by molar-refractivity contribution is -0.106. The summed E-state index contributed by atoms with van der Waals surface area (Å²) in [6.45, 7) is 0. The third-order valence-electron chi connectivity index (χ3n) is 3.15. The molecule has 0 aliphatic carbocycles. The van der Waals surface area contributed by atoms with Gasteiger partial charge in [0.25, 0.3) is 0 Å². The molecule has 18 heavy (non-hydrogen) atoms. The maximum absolute atomic E-state index is 5.19. The third-order valence-corrected chi connectivity index (χ3v) is 3.15. The summed E-state index contributed by atoms with van der Waals surface area (Å²) in [5.74, 6) is 0. The molecule has 0 unspecified atom stereocenters. The van der Waals surface area contributed by atoms with Crippen LogP contribution in [0.5, 0.6) is 0 Å². The predicted octanol–water partition coefficient (Wildman–Crippen LogP) is 3.18. The van der Waals surface area contributed by atoms with Crippen molar-refractivity contribution in [2.45, 2.75) is 25.6 Å². The van der Waals surface area contributed by atoms with Gasteiger partial charge in [-0.25, -0.2) is 0 Å². The number of pyridine rings is 1. The van der Waals surface area contributed by atoms with Crippen LogP contribution in [-0.4, -0.2) is 25.5 Å². The Kier molecular flexibility index (Phi) is 4.67. The van der Waals surface area contributed by atoms with Crippen LogP contribution in [0.25, 0.3) is 10.9 Å². The van der Waals surface area contributed by atoms with Crippen molar-refractivity contribution in [3.8, 4) is 0 Å². The van der Waals surface area contributed by atoms with Crippen molar-refractivity contribution >= 4 is 10.9 Å². The van der Waals surface area contributed by atoms with Crippen LogP contribution in [0.4, 0.5) is 0 Å². The van der Waals surface area contributed by atoms with Crippen molar-refractivity contribution in [2.24, 2.45) is 0 Å². The maximum Gasteiger partial charge on any atom is 0.156 e. The largest absolute Gasteiger partial charge is 0.356 e. The van der Waals surface area contributed by atoms with E-state index in [9.17, 15) is 0 Å². The number of benzene rings is 1. The zero-order valence-corrected chi connectivity index (χ0v) is 10.9. The molecule has 3 heteroatoms. The molecule has 2 aromatic rings. The van der Waals surface area contributed by atoms with Gasteiger partial charge in [-0.15, -0.1) is 0 Å². The average Bonchev–Trinajstić information content (AvgIpc) is 2.44. The lowest BCUT2D eigenvalue weighted by Gasteiger charge is -2.13. The maximum atomic E-state index is 5.19. The highest BCUT2D eigenvalue weighted by Gasteiger charge is 2.06. The Morgan fingerprint density at radius 3 is 2.67 bits per heavy atom. The molecule has 0 bridgehead atoms. The van der Waals surface area contributed by atoms with E-state index in [0.717, 1.165) is 24.8 Å². The first-order valence-corrected chi connectivity index (χ1v) is 6.23. The third kappa shape index (κ3) is 3.06. The molecule has 0 saturated heterocycles. The summed E-state index contributed by atoms with van der Waals surface area (Å²) < 4.78 is 10.4. The van der Waals surface area contributed by atoms with E-state index in [4.69, 9.17) is 9.47 Å². The van der Waals surface area contributed by atoms with E-state index in [1.165, 1.54) is 10.9 Å². The highest BCUT2D eigenvalue weighted by molar-refractivity contribution is 5.81. The molecule has 0 atom stereocenters. The second-order valence-electron chi connectivity index (χ2n) is 4.28. The first-order valence-electron chi connectivity index (χ1n) is 6.23. The second-order valence-corrected chi connectivity index (χ2v) is 4.28. The minimum Gasteiger partial charge on any atom is -0.356 e. The first-order chi connectivity index (χ1) is 8.85. The van der Waals surface area contributed by atoms with Crippen LogP contribution in [0.2, 0.25) is 0 Å². The van der Waals surface area contributed by atoms with Gasteiger partial charge in [0.1, 0.15) is 0 Å². The van der Waals surface area contributed by atoms with Gasteiger partial charge in [0.15, 0.2) is 6.29 Å². The quantitative estimate of drug-likeness (QED) is 0.732. The normalized spacial score (nSPS) is 11.3. The number of aryl methyl sites for hydroxylation is 1. The Morgan fingerprint density at radius 1 is 1.11 bits per heavy atom. The zero-order valence-electron chi connectivity index (χ0n) is 10.9. The smallest absolute Gasteiger partial charge is 0.156 e. The number of aromatic nitrogens is 1. The van der Waals surface area contributed by atoms with Crippen molar-refractivity contribution < 1.29 is 9.47 Å². The van der Waals surface area contributed by atoms with Gasteiger partial charge in [0.05, 0.1) is 5.52 Å². The summed E-state index contributed by atoms with van der Waals surface area (Å²) in [7, 11) is 3.35. The number of rotatable bonds is 6. The Hall–Kier alpha value is -1.45. The molecule has 0 amide bonds.